The molecule has 3 nitrogen and oxygen atoms in total. The highest BCUT2D eigenvalue weighted by Gasteiger charge is 2.09. The third-order valence-corrected chi connectivity index (χ3v) is 3.09. The largest absolute Gasteiger partial charge is 0.350 e. The summed E-state index contributed by atoms with van der Waals surface area (Å²) in [6, 6.07) is 12.0. The first kappa shape index (κ1) is 10.5. The minimum atomic E-state index is 0.681. The lowest BCUT2D eigenvalue weighted by atomic mass is 10.0. The van der Waals surface area contributed by atoms with Crippen molar-refractivity contribution in [1.82, 2.24) is 9.55 Å². The van der Waals surface area contributed by atoms with Crippen molar-refractivity contribution in [2.45, 2.75) is 0 Å². The first-order chi connectivity index (χ1) is 8.79. The van der Waals surface area contributed by atoms with Gasteiger partial charge in [0.2, 0.25) is 0 Å². The Morgan fingerprint density at radius 3 is 2.67 bits per heavy atom. The highest BCUT2D eigenvalue weighted by atomic mass is 14.9. The number of nitriles is 1. The molecule has 0 amide bonds. The Labute approximate surface area is 105 Å². The second kappa shape index (κ2) is 4.01. The van der Waals surface area contributed by atoms with E-state index in [1.165, 1.54) is 0 Å². The van der Waals surface area contributed by atoms with Crippen LogP contribution in [0, 0.1) is 11.3 Å². The number of fused-ring (bicyclic) bond motifs is 1. The summed E-state index contributed by atoms with van der Waals surface area (Å²) in [5.41, 5.74) is 3.97. The molecular weight excluding hydrogens is 222 g/mol. The van der Waals surface area contributed by atoms with E-state index in [-0.39, 0.29) is 0 Å². The van der Waals surface area contributed by atoms with Crippen molar-refractivity contribution in [3.63, 3.8) is 0 Å². The van der Waals surface area contributed by atoms with Gasteiger partial charge in [0.15, 0.2) is 0 Å². The second-order valence-electron chi connectivity index (χ2n) is 4.24. The summed E-state index contributed by atoms with van der Waals surface area (Å²) >= 11 is 0. The molecule has 0 aliphatic heterocycles. The summed E-state index contributed by atoms with van der Waals surface area (Å²) in [6.07, 6.45) is 5.54. The summed E-state index contributed by atoms with van der Waals surface area (Å²) in [7, 11) is 2.01. The van der Waals surface area contributed by atoms with E-state index in [1.807, 2.05) is 43.6 Å². The van der Waals surface area contributed by atoms with Crippen LogP contribution >= 0.6 is 0 Å². The van der Waals surface area contributed by atoms with E-state index >= 15 is 0 Å². The molecular formula is C15H11N3. The zero-order valence-corrected chi connectivity index (χ0v) is 9.96. The Morgan fingerprint density at radius 2 is 1.94 bits per heavy atom. The minimum absolute atomic E-state index is 0.681. The van der Waals surface area contributed by atoms with Gasteiger partial charge in [0.1, 0.15) is 0 Å². The van der Waals surface area contributed by atoms with Gasteiger partial charge in [-0.3, -0.25) is 4.98 Å². The first-order valence-electron chi connectivity index (χ1n) is 5.69. The molecule has 0 aliphatic carbocycles. The molecule has 0 aliphatic rings. The number of aryl methyl sites for hydroxylation is 1. The van der Waals surface area contributed by atoms with Gasteiger partial charge in [-0.2, -0.15) is 5.26 Å². The topological polar surface area (TPSA) is 41.6 Å². The fourth-order valence-electron chi connectivity index (χ4n) is 2.26. The zero-order valence-electron chi connectivity index (χ0n) is 9.96. The van der Waals surface area contributed by atoms with E-state index in [4.69, 9.17) is 5.26 Å². The fourth-order valence-corrected chi connectivity index (χ4v) is 2.26. The van der Waals surface area contributed by atoms with Crippen LogP contribution in [0.2, 0.25) is 0 Å². The average Bonchev–Trinajstić information content (AvgIpc) is 2.80. The Balaban J connectivity index is 2.40. The molecule has 2 aromatic heterocycles. The van der Waals surface area contributed by atoms with Gasteiger partial charge in [-0.05, 0) is 35.9 Å². The molecule has 2 heterocycles. The van der Waals surface area contributed by atoms with E-state index in [1.54, 1.807) is 12.4 Å². The van der Waals surface area contributed by atoms with Crippen molar-refractivity contribution in [3.8, 4) is 17.2 Å². The summed E-state index contributed by atoms with van der Waals surface area (Å²) in [4.78, 5) is 4.03. The second-order valence-corrected chi connectivity index (χ2v) is 4.24. The molecule has 86 valence electrons. The smallest absolute Gasteiger partial charge is 0.0992 e. The van der Waals surface area contributed by atoms with E-state index in [9.17, 15) is 0 Å². The van der Waals surface area contributed by atoms with Crippen molar-refractivity contribution in [2.24, 2.45) is 7.05 Å². The first-order valence-corrected chi connectivity index (χ1v) is 5.69. The van der Waals surface area contributed by atoms with Gasteiger partial charge in [0.05, 0.1) is 17.1 Å². The summed E-state index contributed by atoms with van der Waals surface area (Å²) in [6.45, 7) is 0. The highest BCUT2D eigenvalue weighted by Crippen LogP contribution is 2.30. The third kappa shape index (κ3) is 1.56. The molecule has 0 fully saturated rings. The lowest BCUT2D eigenvalue weighted by Gasteiger charge is -2.07. The van der Waals surface area contributed by atoms with Crippen LogP contribution in [0.5, 0.6) is 0 Å². The predicted molar refractivity (Wildman–Crippen MR) is 70.9 cm³/mol. The number of hydrogen-bond acceptors (Lipinski definition) is 2. The normalized spacial score (nSPS) is 10.4. The Morgan fingerprint density at radius 1 is 1.17 bits per heavy atom. The molecule has 3 heteroatoms. The number of pyridine rings is 1. The molecule has 0 saturated heterocycles. The van der Waals surface area contributed by atoms with Gasteiger partial charge in [0, 0.05) is 36.6 Å². The van der Waals surface area contributed by atoms with Crippen LogP contribution in [0.1, 0.15) is 5.56 Å². The molecule has 3 aromatic rings. The highest BCUT2D eigenvalue weighted by molar-refractivity contribution is 5.95. The third-order valence-electron chi connectivity index (χ3n) is 3.09. The van der Waals surface area contributed by atoms with Crippen LogP contribution < -0.4 is 0 Å². The van der Waals surface area contributed by atoms with Crippen molar-refractivity contribution in [1.29, 1.82) is 5.26 Å². The van der Waals surface area contributed by atoms with Gasteiger partial charge in [-0.15, -0.1) is 0 Å². The summed E-state index contributed by atoms with van der Waals surface area (Å²) in [5.74, 6) is 0. The van der Waals surface area contributed by atoms with Crippen molar-refractivity contribution < 1.29 is 0 Å². The molecule has 3 rings (SSSR count). The van der Waals surface area contributed by atoms with E-state index in [0.717, 1.165) is 22.0 Å². The Kier molecular flexibility index (Phi) is 2.35. The molecule has 0 saturated carbocycles. The van der Waals surface area contributed by atoms with E-state index < -0.39 is 0 Å². The lowest BCUT2D eigenvalue weighted by molar-refractivity contribution is 0.970. The molecule has 0 N–H and O–H groups in total. The van der Waals surface area contributed by atoms with E-state index in [0.29, 0.717) is 5.56 Å². The molecule has 0 atom stereocenters. The Hall–Kier alpha value is -2.60. The summed E-state index contributed by atoms with van der Waals surface area (Å²) in [5, 5.41) is 10.2. The van der Waals surface area contributed by atoms with Gasteiger partial charge < -0.3 is 4.57 Å². The molecule has 0 spiro atoms. The number of rotatable bonds is 1. The van der Waals surface area contributed by atoms with Crippen LogP contribution in [-0.4, -0.2) is 9.55 Å². The standard InChI is InChI=1S/C15H11N3/c1-18-7-4-13-8-11(10-16)9-14(15(13)18)12-2-5-17-6-3-12/h2-9H,1H3. The quantitative estimate of drug-likeness (QED) is 0.648. The van der Waals surface area contributed by atoms with Crippen molar-refractivity contribution in [2.75, 3.05) is 0 Å². The van der Waals surface area contributed by atoms with E-state index in [2.05, 4.69) is 15.6 Å². The monoisotopic (exact) mass is 233 g/mol. The zero-order chi connectivity index (χ0) is 12.5. The molecule has 1 aromatic carbocycles. The van der Waals surface area contributed by atoms with Gasteiger partial charge in [-0.25, -0.2) is 0 Å². The van der Waals surface area contributed by atoms with Crippen LogP contribution in [0.4, 0.5) is 0 Å². The average molecular weight is 233 g/mol. The van der Waals surface area contributed by atoms with Crippen LogP contribution in [0.25, 0.3) is 22.0 Å². The van der Waals surface area contributed by atoms with Gasteiger partial charge in [0.25, 0.3) is 0 Å². The Bertz CT molecular complexity index is 748. The fraction of sp³-hybridized carbons (Fsp3) is 0.0667. The van der Waals surface area contributed by atoms with Crippen LogP contribution in [0.15, 0.2) is 48.9 Å². The molecule has 18 heavy (non-hydrogen) atoms. The lowest BCUT2D eigenvalue weighted by Crippen LogP contribution is -1.90. The van der Waals surface area contributed by atoms with Gasteiger partial charge in [-0.1, -0.05) is 0 Å². The predicted octanol–water partition coefficient (Wildman–Crippen LogP) is 3.11. The van der Waals surface area contributed by atoms with Crippen LogP contribution in [-0.2, 0) is 7.05 Å². The van der Waals surface area contributed by atoms with Crippen molar-refractivity contribution in [3.05, 3.63) is 54.5 Å². The molecule has 0 bridgehead atoms. The minimum Gasteiger partial charge on any atom is -0.350 e. The number of benzene rings is 1. The molecule has 0 radical (unpaired) electrons. The number of aromatic nitrogens is 2. The molecule has 0 unspecified atom stereocenters. The van der Waals surface area contributed by atoms with Gasteiger partial charge >= 0.3 is 0 Å². The SMILES string of the molecule is Cn1ccc2cc(C#N)cc(-c3ccncc3)c21. The maximum absolute atomic E-state index is 9.11. The number of nitrogens with zero attached hydrogens (tertiary/aromatic N) is 3. The maximum atomic E-state index is 9.11. The summed E-state index contributed by atoms with van der Waals surface area (Å²) < 4.78 is 2.08. The maximum Gasteiger partial charge on any atom is 0.0992 e. The number of hydrogen-bond donors (Lipinski definition) is 0. The van der Waals surface area contributed by atoms with Crippen LogP contribution in [0.3, 0.4) is 0 Å². The van der Waals surface area contributed by atoms with Crippen molar-refractivity contribution >= 4 is 10.9 Å².